The Hall–Kier alpha value is -1.70. The second kappa shape index (κ2) is 9.12. The van der Waals surface area contributed by atoms with Crippen LogP contribution in [0.5, 0.6) is 0 Å². The average Bonchev–Trinajstić information content (AvgIpc) is 2.69. The summed E-state index contributed by atoms with van der Waals surface area (Å²) in [5.74, 6) is 2.47. The maximum atomic E-state index is 4.67. The number of aryl methyl sites for hydroxylation is 1. The van der Waals surface area contributed by atoms with E-state index in [1.165, 1.54) is 68.9 Å². The van der Waals surface area contributed by atoms with Crippen LogP contribution in [-0.4, -0.2) is 9.97 Å². The van der Waals surface area contributed by atoms with Gasteiger partial charge in [-0.25, -0.2) is 9.97 Å². The first-order valence-corrected chi connectivity index (χ1v) is 10.2. The maximum absolute atomic E-state index is 4.67. The molecule has 1 aliphatic carbocycles. The van der Waals surface area contributed by atoms with E-state index < -0.39 is 0 Å². The van der Waals surface area contributed by atoms with Crippen molar-refractivity contribution in [3.05, 3.63) is 48.0 Å². The van der Waals surface area contributed by atoms with E-state index in [9.17, 15) is 0 Å². The standard InChI is InChI=1S/C23H32N2/c1-3-18(2)8-7-9-19-12-14-20(15-13-19)22-16-24-23(25-17-22)21-10-5-4-6-11-21/h12-18,21H,3-11H2,1-2H3. The smallest absolute Gasteiger partial charge is 0.131 e. The van der Waals surface area contributed by atoms with Gasteiger partial charge in [-0.05, 0) is 42.7 Å². The van der Waals surface area contributed by atoms with Crippen molar-refractivity contribution in [1.29, 1.82) is 0 Å². The second-order valence-corrected chi connectivity index (χ2v) is 7.77. The molecule has 0 bridgehead atoms. The highest BCUT2D eigenvalue weighted by Crippen LogP contribution is 2.31. The highest BCUT2D eigenvalue weighted by atomic mass is 14.9. The van der Waals surface area contributed by atoms with Crippen LogP contribution in [0.15, 0.2) is 36.7 Å². The molecule has 0 saturated heterocycles. The Labute approximate surface area is 153 Å². The molecule has 0 amide bonds. The number of hydrogen-bond donors (Lipinski definition) is 0. The molecule has 1 unspecified atom stereocenters. The Morgan fingerprint density at radius 3 is 2.28 bits per heavy atom. The molecule has 134 valence electrons. The summed E-state index contributed by atoms with van der Waals surface area (Å²) >= 11 is 0. The van der Waals surface area contributed by atoms with E-state index in [1.54, 1.807) is 0 Å². The minimum absolute atomic E-state index is 0.579. The summed E-state index contributed by atoms with van der Waals surface area (Å²) in [5, 5.41) is 0. The fourth-order valence-electron chi connectivity index (χ4n) is 3.78. The molecule has 1 heterocycles. The second-order valence-electron chi connectivity index (χ2n) is 7.77. The lowest BCUT2D eigenvalue weighted by Crippen LogP contribution is -2.08. The predicted molar refractivity (Wildman–Crippen MR) is 106 cm³/mol. The Morgan fingerprint density at radius 1 is 0.960 bits per heavy atom. The zero-order valence-electron chi connectivity index (χ0n) is 15.9. The summed E-state index contributed by atoms with van der Waals surface area (Å²) < 4.78 is 0. The molecule has 1 saturated carbocycles. The van der Waals surface area contributed by atoms with Gasteiger partial charge in [0.05, 0.1) is 0 Å². The molecule has 1 aromatic heterocycles. The molecule has 0 N–H and O–H groups in total. The average molecular weight is 337 g/mol. The van der Waals surface area contributed by atoms with Crippen LogP contribution in [0, 0.1) is 5.92 Å². The van der Waals surface area contributed by atoms with Crippen LogP contribution in [0.1, 0.15) is 82.5 Å². The monoisotopic (exact) mass is 336 g/mol. The van der Waals surface area contributed by atoms with Crippen LogP contribution < -0.4 is 0 Å². The lowest BCUT2D eigenvalue weighted by Gasteiger charge is -2.20. The topological polar surface area (TPSA) is 25.8 Å². The van der Waals surface area contributed by atoms with Crippen LogP contribution in [0.25, 0.3) is 11.1 Å². The van der Waals surface area contributed by atoms with Crippen molar-refractivity contribution >= 4 is 0 Å². The number of hydrogen-bond acceptors (Lipinski definition) is 2. The SMILES string of the molecule is CCC(C)CCCc1ccc(-c2cnc(C3CCCCC3)nc2)cc1. The molecule has 2 heteroatoms. The quantitative estimate of drug-likeness (QED) is 0.572. The van der Waals surface area contributed by atoms with Gasteiger partial charge in [0.25, 0.3) is 0 Å². The summed E-state index contributed by atoms with van der Waals surface area (Å²) in [6, 6.07) is 8.97. The van der Waals surface area contributed by atoms with Crippen molar-refractivity contribution in [2.45, 2.75) is 77.6 Å². The lowest BCUT2D eigenvalue weighted by atomic mass is 9.88. The van der Waals surface area contributed by atoms with Crippen molar-refractivity contribution < 1.29 is 0 Å². The normalized spacial score (nSPS) is 16.7. The fourth-order valence-corrected chi connectivity index (χ4v) is 3.78. The first-order chi connectivity index (χ1) is 12.3. The van der Waals surface area contributed by atoms with Gasteiger partial charge in [-0.2, -0.15) is 0 Å². The third-order valence-electron chi connectivity index (χ3n) is 5.79. The minimum atomic E-state index is 0.579. The van der Waals surface area contributed by atoms with Crippen molar-refractivity contribution in [2.75, 3.05) is 0 Å². The van der Waals surface area contributed by atoms with E-state index in [0.717, 1.165) is 17.3 Å². The Bertz CT molecular complexity index is 624. The Morgan fingerprint density at radius 2 is 1.64 bits per heavy atom. The highest BCUT2D eigenvalue weighted by Gasteiger charge is 2.17. The van der Waals surface area contributed by atoms with Crippen LogP contribution in [0.4, 0.5) is 0 Å². The molecule has 1 fully saturated rings. The first-order valence-electron chi connectivity index (χ1n) is 10.2. The van der Waals surface area contributed by atoms with Crippen molar-refractivity contribution in [3.63, 3.8) is 0 Å². The Kier molecular flexibility index (Phi) is 6.61. The molecule has 1 aromatic carbocycles. The summed E-state index contributed by atoms with van der Waals surface area (Å²) in [4.78, 5) is 9.34. The molecule has 2 nitrogen and oxygen atoms in total. The zero-order chi connectivity index (χ0) is 17.5. The summed E-state index contributed by atoms with van der Waals surface area (Å²) in [7, 11) is 0. The summed E-state index contributed by atoms with van der Waals surface area (Å²) in [5.41, 5.74) is 3.79. The van der Waals surface area contributed by atoms with Gasteiger partial charge in [-0.15, -0.1) is 0 Å². The van der Waals surface area contributed by atoms with Gasteiger partial charge < -0.3 is 0 Å². The van der Waals surface area contributed by atoms with Gasteiger partial charge in [0.2, 0.25) is 0 Å². The van der Waals surface area contributed by atoms with Crippen LogP contribution in [0.3, 0.4) is 0 Å². The predicted octanol–water partition coefficient (Wildman–Crippen LogP) is 6.56. The largest absolute Gasteiger partial charge is 0.240 e. The third kappa shape index (κ3) is 5.14. The van der Waals surface area contributed by atoms with Gasteiger partial charge in [0.1, 0.15) is 5.82 Å². The van der Waals surface area contributed by atoms with E-state index in [2.05, 4.69) is 48.1 Å². The van der Waals surface area contributed by atoms with Crippen LogP contribution in [0.2, 0.25) is 0 Å². The van der Waals surface area contributed by atoms with E-state index >= 15 is 0 Å². The van der Waals surface area contributed by atoms with E-state index in [4.69, 9.17) is 0 Å². The molecule has 2 aromatic rings. The highest BCUT2D eigenvalue weighted by molar-refractivity contribution is 5.61. The molecule has 0 radical (unpaired) electrons. The van der Waals surface area contributed by atoms with Crippen LogP contribution in [-0.2, 0) is 6.42 Å². The molecule has 0 spiro atoms. The minimum Gasteiger partial charge on any atom is -0.240 e. The summed E-state index contributed by atoms with van der Waals surface area (Å²) in [6.07, 6.45) is 15.6. The number of rotatable bonds is 7. The number of benzene rings is 1. The molecule has 25 heavy (non-hydrogen) atoms. The molecule has 1 aliphatic rings. The van der Waals surface area contributed by atoms with Gasteiger partial charge >= 0.3 is 0 Å². The molecule has 0 aliphatic heterocycles. The van der Waals surface area contributed by atoms with Crippen LogP contribution >= 0.6 is 0 Å². The van der Waals surface area contributed by atoms with E-state index in [0.29, 0.717) is 5.92 Å². The molecule has 3 rings (SSSR count). The van der Waals surface area contributed by atoms with E-state index in [1.807, 2.05) is 12.4 Å². The number of aromatic nitrogens is 2. The lowest BCUT2D eigenvalue weighted by molar-refractivity contribution is 0.428. The molecular formula is C23H32N2. The zero-order valence-corrected chi connectivity index (χ0v) is 15.9. The summed E-state index contributed by atoms with van der Waals surface area (Å²) in [6.45, 7) is 4.63. The van der Waals surface area contributed by atoms with Crippen molar-refractivity contribution in [3.8, 4) is 11.1 Å². The van der Waals surface area contributed by atoms with Gasteiger partial charge in [-0.1, -0.05) is 70.2 Å². The first kappa shape index (κ1) is 18.1. The van der Waals surface area contributed by atoms with Gasteiger partial charge in [0.15, 0.2) is 0 Å². The molecule has 1 atom stereocenters. The fraction of sp³-hybridized carbons (Fsp3) is 0.565. The van der Waals surface area contributed by atoms with Gasteiger partial charge in [-0.3, -0.25) is 0 Å². The van der Waals surface area contributed by atoms with Crippen molar-refractivity contribution in [2.24, 2.45) is 5.92 Å². The Balaban J connectivity index is 1.58. The number of nitrogens with zero attached hydrogens (tertiary/aromatic N) is 2. The van der Waals surface area contributed by atoms with E-state index in [-0.39, 0.29) is 0 Å². The molecular weight excluding hydrogens is 304 g/mol. The maximum Gasteiger partial charge on any atom is 0.131 e. The van der Waals surface area contributed by atoms with Gasteiger partial charge in [0, 0.05) is 23.9 Å². The van der Waals surface area contributed by atoms with Crippen molar-refractivity contribution in [1.82, 2.24) is 9.97 Å². The third-order valence-corrected chi connectivity index (χ3v) is 5.79.